The second kappa shape index (κ2) is 5.66. The number of nitro groups is 1. The maximum atomic E-state index is 10.7. The summed E-state index contributed by atoms with van der Waals surface area (Å²) < 4.78 is 10.3. The summed E-state index contributed by atoms with van der Waals surface area (Å²) in [5.41, 5.74) is 0.225. The number of hydrogen-bond acceptors (Lipinski definition) is 7. The third-order valence-corrected chi connectivity index (χ3v) is 2.58. The molecule has 0 aliphatic carbocycles. The van der Waals surface area contributed by atoms with Gasteiger partial charge in [-0.25, -0.2) is 0 Å². The van der Waals surface area contributed by atoms with E-state index in [2.05, 4.69) is 10.1 Å². The van der Waals surface area contributed by atoms with Crippen LogP contribution in [0.1, 0.15) is 30.3 Å². The molecule has 0 saturated carbocycles. The Morgan fingerprint density at radius 2 is 2.30 bits per heavy atom. The van der Waals surface area contributed by atoms with Crippen molar-refractivity contribution in [3.05, 3.63) is 45.6 Å². The van der Waals surface area contributed by atoms with E-state index in [1.807, 2.05) is 0 Å². The molecule has 0 aliphatic heterocycles. The largest absolute Gasteiger partial charge is 0.485 e. The predicted molar refractivity (Wildman–Crippen MR) is 67.1 cm³/mol. The van der Waals surface area contributed by atoms with Crippen LogP contribution in [0.15, 0.2) is 22.7 Å². The summed E-state index contributed by atoms with van der Waals surface area (Å²) in [6, 6.07) is 4.03. The van der Waals surface area contributed by atoms with Crippen molar-refractivity contribution in [3.63, 3.8) is 0 Å². The number of aryl methyl sites for hydroxylation is 1. The maximum absolute atomic E-state index is 10.7. The number of nitro benzene ring substituents is 1. The maximum Gasteiger partial charge on any atom is 0.270 e. The van der Waals surface area contributed by atoms with E-state index in [4.69, 9.17) is 9.26 Å². The zero-order valence-electron chi connectivity index (χ0n) is 10.9. The minimum atomic E-state index is -0.892. The lowest BCUT2D eigenvalue weighted by molar-refractivity contribution is -0.385. The molecular weight excluding hydrogens is 266 g/mol. The second-order valence-corrected chi connectivity index (χ2v) is 4.17. The van der Waals surface area contributed by atoms with E-state index >= 15 is 0 Å². The molecule has 0 amide bonds. The summed E-state index contributed by atoms with van der Waals surface area (Å²) in [5.74, 6) is 1.12. The third-order valence-electron chi connectivity index (χ3n) is 2.58. The summed E-state index contributed by atoms with van der Waals surface area (Å²) in [6.07, 6.45) is -0.892. The van der Waals surface area contributed by atoms with Crippen LogP contribution in [0.2, 0.25) is 0 Å². The SMILES string of the molecule is Cc1nc(COc2ccc([N+](=O)[O-])cc2[C@H](C)O)no1. The quantitative estimate of drug-likeness (QED) is 0.657. The molecule has 1 aromatic carbocycles. The summed E-state index contributed by atoms with van der Waals surface area (Å²) in [7, 11) is 0. The highest BCUT2D eigenvalue weighted by molar-refractivity contribution is 5.44. The smallest absolute Gasteiger partial charge is 0.270 e. The van der Waals surface area contributed by atoms with Crippen LogP contribution in [0, 0.1) is 17.0 Å². The van der Waals surface area contributed by atoms with E-state index in [1.54, 1.807) is 6.92 Å². The Morgan fingerprint density at radius 1 is 1.55 bits per heavy atom. The van der Waals surface area contributed by atoms with Crippen molar-refractivity contribution in [1.82, 2.24) is 10.1 Å². The zero-order chi connectivity index (χ0) is 14.7. The van der Waals surface area contributed by atoms with Gasteiger partial charge in [-0.05, 0) is 13.0 Å². The second-order valence-electron chi connectivity index (χ2n) is 4.17. The van der Waals surface area contributed by atoms with Gasteiger partial charge in [0.25, 0.3) is 5.69 Å². The van der Waals surface area contributed by atoms with Gasteiger partial charge in [-0.1, -0.05) is 5.16 Å². The van der Waals surface area contributed by atoms with E-state index in [1.165, 1.54) is 25.1 Å². The molecule has 106 valence electrons. The molecule has 0 spiro atoms. The Hall–Kier alpha value is -2.48. The van der Waals surface area contributed by atoms with Crippen LogP contribution in [0.3, 0.4) is 0 Å². The van der Waals surface area contributed by atoms with Crippen molar-refractivity contribution in [3.8, 4) is 5.75 Å². The molecule has 0 radical (unpaired) electrons. The van der Waals surface area contributed by atoms with E-state index in [-0.39, 0.29) is 12.3 Å². The van der Waals surface area contributed by atoms with Crippen LogP contribution >= 0.6 is 0 Å². The first kappa shape index (κ1) is 13.9. The Kier molecular flexibility index (Phi) is 3.94. The van der Waals surface area contributed by atoms with Gasteiger partial charge in [-0.2, -0.15) is 4.98 Å². The lowest BCUT2D eigenvalue weighted by Gasteiger charge is -2.12. The first-order valence-corrected chi connectivity index (χ1v) is 5.85. The van der Waals surface area contributed by atoms with Gasteiger partial charge in [0.2, 0.25) is 11.7 Å². The van der Waals surface area contributed by atoms with Crippen LogP contribution in [0.5, 0.6) is 5.75 Å². The molecular formula is C12H13N3O5. The zero-order valence-corrected chi connectivity index (χ0v) is 10.9. The van der Waals surface area contributed by atoms with E-state index in [0.29, 0.717) is 23.0 Å². The van der Waals surface area contributed by atoms with Gasteiger partial charge >= 0.3 is 0 Å². The van der Waals surface area contributed by atoms with Gasteiger partial charge < -0.3 is 14.4 Å². The summed E-state index contributed by atoms with van der Waals surface area (Å²) in [6.45, 7) is 3.21. The van der Waals surface area contributed by atoms with Gasteiger partial charge in [0, 0.05) is 24.6 Å². The highest BCUT2D eigenvalue weighted by Crippen LogP contribution is 2.29. The molecule has 0 saturated heterocycles. The first-order chi connectivity index (χ1) is 9.47. The van der Waals surface area contributed by atoms with Gasteiger partial charge in [0.05, 0.1) is 11.0 Å². The van der Waals surface area contributed by atoms with E-state index in [9.17, 15) is 15.2 Å². The molecule has 1 N–H and O–H groups in total. The van der Waals surface area contributed by atoms with E-state index in [0.717, 1.165) is 0 Å². The molecule has 2 aromatic rings. The number of benzene rings is 1. The molecule has 1 heterocycles. The molecule has 0 aliphatic rings. The molecule has 8 heteroatoms. The molecule has 0 unspecified atom stereocenters. The number of hydrogen-bond donors (Lipinski definition) is 1. The number of non-ortho nitro benzene ring substituents is 1. The number of ether oxygens (including phenoxy) is 1. The topological polar surface area (TPSA) is 112 Å². The number of rotatable bonds is 5. The van der Waals surface area contributed by atoms with Crippen molar-refractivity contribution < 1.29 is 19.3 Å². The number of aliphatic hydroxyl groups excluding tert-OH is 1. The molecule has 0 bridgehead atoms. The van der Waals surface area contributed by atoms with Crippen molar-refractivity contribution >= 4 is 5.69 Å². The molecule has 1 atom stereocenters. The predicted octanol–water partition coefficient (Wildman–Crippen LogP) is 1.92. The minimum absolute atomic E-state index is 0.0505. The molecule has 2 rings (SSSR count). The monoisotopic (exact) mass is 279 g/mol. The fraction of sp³-hybridized carbons (Fsp3) is 0.333. The fourth-order valence-electron chi connectivity index (χ4n) is 1.65. The van der Waals surface area contributed by atoms with Crippen LogP contribution in [-0.4, -0.2) is 20.2 Å². The standard InChI is InChI=1S/C12H13N3O5/c1-7(16)10-5-9(15(17)18)3-4-11(10)19-6-12-13-8(2)20-14-12/h3-5,7,16H,6H2,1-2H3/t7-/m0/s1. The minimum Gasteiger partial charge on any atom is -0.485 e. The average molecular weight is 279 g/mol. The van der Waals surface area contributed by atoms with Crippen molar-refractivity contribution in [1.29, 1.82) is 0 Å². The Bertz CT molecular complexity index is 623. The van der Waals surface area contributed by atoms with E-state index < -0.39 is 11.0 Å². The summed E-state index contributed by atoms with van der Waals surface area (Å²) in [4.78, 5) is 14.2. The fourth-order valence-corrected chi connectivity index (χ4v) is 1.65. The molecule has 1 aromatic heterocycles. The van der Waals surface area contributed by atoms with Crippen LogP contribution in [0.4, 0.5) is 5.69 Å². The van der Waals surface area contributed by atoms with Crippen LogP contribution in [-0.2, 0) is 6.61 Å². The summed E-state index contributed by atoms with van der Waals surface area (Å²) in [5, 5.41) is 24.0. The van der Waals surface area contributed by atoms with Gasteiger partial charge in [0.15, 0.2) is 6.61 Å². The average Bonchev–Trinajstić information content (AvgIpc) is 2.81. The van der Waals surface area contributed by atoms with Crippen LogP contribution < -0.4 is 4.74 Å². The Labute approximate surface area is 114 Å². The highest BCUT2D eigenvalue weighted by atomic mass is 16.6. The molecule has 8 nitrogen and oxygen atoms in total. The lowest BCUT2D eigenvalue weighted by Crippen LogP contribution is -2.03. The third kappa shape index (κ3) is 3.09. The Morgan fingerprint density at radius 3 is 2.85 bits per heavy atom. The number of aromatic nitrogens is 2. The number of aliphatic hydroxyl groups is 1. The molecule has 20 heavy (non-hydrogen) atoms. The van der Waals surface area contributed by atoms with Gasteiger partial charge in [0.1, 0.15) is 5.75 Å². The van der Waals surface area contributed by atoms with Crippen LogP contribution in [0.25, 0.3) is 0 Å². The van der Waals surface area contributed by atoms with Gasteiger partial charge in [-0.15, -0.1) is 0 Å². The first-order valence-electron chi connectivity index (χ1n) is 5.85. The lowest BCUT2D eigenvalue weighted by atomic mass is 10.1. The van der Waals surface area contributed by atoms with Crippen molar-refractivity contribution in [2.45, 2.75) is 26.6 Å². The normalized spacial score (nSPS) is 12.2. The van der Waals surface area contributed by atoms with Crippen molar-refractivity contribution in [2.75, 3.05) is 0 Å². The Balaban J connectivity index is 2.20. The number of nitrogens with zero attached hydrogens (tertiary/aromatic N) is 3. The van der Waals surface area contributed by atoms with Gasteiger partial charge in [-0.3, -0.25) is 10.1 Å². The van der Waals surface area contributed by atoms with Crippen molar-refractivity contribution in [2.24, 2.45) is 0 Å². The highest BCUT2D eigenvalue weighted by Gasteiger charge is 2.16. The summed E-state index contributed by atoms with van der Waals surface area (Å²) >= 11 is 0. The molecule has 0 fully saturated rings.